The molecule has 0 radical (unpaired) electrons. The van der Waals surface area contributed by atoms with E-state index >= 15 is 0 Å². The van der Waals surface area contributed by atoms with E-state index in [1.807, 2.05) is 0 Å². The first kappa shape index (κ1) is 17.8. The molecule has 0 saturated heterocycles. The lowest BCUT2D eigenvalue weighted by atomic mass is 10.1. The van der Waals surface area contributed by atoms with Gasteiger partial charge in [0.05, 0.1) is 24.1 Å². The summed E-state index contributed by atoms with van der Waals surface area (Å²) in [5, 5.41) is 3.20. The van der Waals surface area contributed by atoms with Crippen molar-refractivity contribution in [1.82, 2.24) is 15.3 Å². The SMILES string of the molecule is COc1ccc(F)cc1[C@@H](C)NC(=O)c1ccc2c(=O)[nH]c(=S)[nH]c2c1. The van der Waals surface area contributed by atoms with Crippen molar-refractivity contribution in [3.05, 3.63) is 68.5 Å². The van der Waals surface area contributed by atoms with Crippen LogP contribution >= 0.6 is 12.2 Å². The molecule has 1 aromatic heterocycles. The Hall–Kier alpha value is -3.00. The van der Waals surface area contributed by atoms with Gasteiger partial charge in [0.2, 0.25) is 0 Å². The fraction of sp³-hybridized carbons (Fsp3) is 0.167. The molecule has 0 aliphatic rings. The van der Waals surface area contributed by atoms with E-state index in [1.54, 1.807) is 25.1 Å². The number of H-pyrrole nitrogens is 2. The molecule has 6 nitrogen and oxygen atoms in total. The Bertz CT molecular complexity index is 1110. The van der Waals surface area contributed by atoms with Crippen molar-refractivity contribution in [3.8, 4) is 5.75 Å². The number of hydrogen-bond acceptors (Lipinski definition) is 4. The van der Waals surface area contributed by atoms with Crippen LogP contribution in [-0.2, 0) is 0 Å². The molecule has 1 heterocycles. The number of fused-ring (bicyclic) bond motifs is 1. The number of carbonyl (C=O) groups is 1. The zero-order valence-corrected chi connectivity index (χ0v) is 14.9. The molecule has 134 valence electrons. The Morgan fingerprint density at radius 1 is 1.23 bits per heavy atom. The van der Waals surface area contributed by atoms with Gasteiger partial charge >= 0.3 is 0 Å². The number of ether oxygens (including phenoxy) is 1. The minimum absolute atomic E-state index is 0.179. The zero-order valence-electron chi connectivity index (χ0n) is 14.1. The third-order valence-electron chi connectivity index (χ3n) is 4.01. The molecule has 0 saturated carbocycles. The van der Waals surface area contributed by atoms with Crippen LogP contribution < -0.4 is 15.6 Å². The second-order valence-corrected chi connectivity index (χ2v) is 6.16. The van der Waals surface area contributed by atoms with E-state index in [2.05, 4.69) is 15.3 Å². The molecule has 3 N–H and O–H groups in total. The Labute approximate surface area is 153 Å². The van der Waals surface area contributed by atoms with Crippen LogP contribution in [0.15, 0.2) is 41.2 Å². The molecule has 3 aromatic rings. The Morgan fingerprint density at radius 2 is 2.00 bits per heavy atom. The van der Waals surface area contributed by atoms with Crippen LogP contribution in [0.25, 0.3) is 10.9 Å². The molecule has 2 aromatic carbocycles. The van der Waals surface area contributed by atoms with Crippen molar-refractivity contribution in [1.29, 1.82) is 0 Å². The molecule has 26 heavy (non-hydrogen) atoms. The molecular weight excluding hydrogens is 357 g/mol. The van der Waals surface area contributed by atoms with Crippen LogP contribution in [0.4, 0.5) is 4.39 Å². The second kappa shape index (κ2) is 7.09. The number of benzene rings is 2. The lowest BCUT2D eigenvalue weighted by Crippen LogP contribution is -2.27. The van der Waals surface area contributed by atoms with Gasteiger partial charge in [0.1, 0.15) is 11.6 Å². The molecule has 0 unspecified atom stereocenters. The van der Waals surface area contributed by atoms with E-state index in [0.717, 1.165) is 0 Å². The van der Waals surface area contributed by atoms with Crippen molar-refractivity contribution in [3.63, 3.8) is 0 Å². The van der Waals surface area contributed by atoms with Crippen LogP contribution in [0.3, 0.4) is 0 Å². The predicted octanol–water partition coefficient (Wildman–Crippen LogP) is 3.22. The summed E-state index contributed by atoms with van der Waals surface area (Å²) in [6, 6.07) is 8.27. The van der Waals surface area contributed by atoms with Crippen molar-refractivity contribution < 1.29 is 13.9 Å². The Balaban J connectivity index is 1.90. The third-order valence-corrected chi connectivity index (χ3v) is 4.21. The minimum atomic E-state index is -0.485. The summed E-state index contributed by atoms with van der Waals surface area (Å²) >= 11 is 4.95. The summed E-state index contributed by atoms with van der Waals surface area (Å²) in [4.78, 5) is 29.7. The molecule has 0 bridgehead atoms. The largest absolute Gasteiger partial charge is 0.496 e. The topological polar surface area (TPSA) is 87.0 Å². The number of aromatic nitrogens is 2. The van der Waals surface area contributed by atoms with Gasteiger partial charge in [-0.25, -0.2) is 4.39 Å². The van der Waals surface area contributed by atoms with Crippen molar-refractivity contribution >= 4 is 29.0 Å². The van der Waals surface area contributed by atoms with Crippen LogP contribution in [0.5, 0.6) is 5.75 Å². The van der Waals surface area contributed by atoms with E-state index in [1.165, 1.54) is 25.3 Å². The Morgan fingerprint density at radius 3 is 2.73 bits per heavy atom. The first-order chi connectivity index (χ1) is 12.4. The normalized spacial score (nSPS) is 12.0. The number of halogens is 1. The predicted molar refractivity (Wildman–Crippen MR) is 98.6 cm³/mol. The summed E-state index contributed by atoms with van der Waals surface area (Å²) in [6.07, 6.45) is 0. The van der Waals surface area contributed by atoms with E-state index in [9.17, 15) is 14.0 Å². The number of nitrogens with one attached hydrogen (secondary N) is 3. The number of amides is 1. The Kier molecular flexibility index (Phi) is 4.85. The molecule has 1 amide bonds. The average molecular weight is 373 g/mol. The van der Waals surface area contributed by atoms with E-state index in [4.69, 9.17) is 17.0 Å². The lowest BCUT2D eigenvalue weighted by Gasteiger charge is -2.17. The van der Waals surface area contributed by atoms with E-state index in [0.29, 0.717) is 27.8 Å². The maximum absolute atomic E-state index is 13.5. The maximum atomic E-state index is 13.5. The number of hydrogen-bond donors (Lipinski definition) is 3. The standard InChI is InChI=1S/C18H16FN3O3S/c1-9(13-8-11(19)4-6-15(13)25-2)20-16(23)10-3-5-12-14(7-10)21-18(26)22-17(12)24/h3-9H,1-2H3,(H,20,23)(H2,21,22,24,26)/t9-/m1/s1. The van der Waals surface area contributed by atoms with E-state index < -0.39 is 11.9 Å². The van der Waals surface area contributed by atoms with Gasteiger partial charge in [0.25, 0.3) is 11.5 Å². The van der Waals surface area contributed by atoms with Gasteiger partial charge < -0.3 is 15.0 Å². The molecule has 3 rings (SSSR count). The highest BCUT2D eigenvalue weighted by Gasteiger charge is 2.16. The highest BCUT2D eigenvalue weighted by molar-refractivity contribution is 7.71. The molecule has 8 heteroatoms. The van der Waals surface area contributed by atoms with Crippen LogP contribution in [-0.4, -0.2) is 23.0 Å². The van der Waals surface area contributed by atoms with Crippen molar-refractivity contribution in [2.24, 2.45) is 0 Å². The highest BCUT2D eigenvalue weighted by Crippen LogP contribution is 2.26. The van der Waals surface area contributed by atoms with Gasteiger partial charge in [-0.3, -0.25) is 14.6 Å². The monoisotopic (exact) mass is 373 g/mol. The first-order valence-corrected chi connectivity index (χ1v) is 8.20. The van der Waals surface area contributed by atoms with Gasteiger partial charge in [0, 0.05) is 11.1 Å². The van der Waals surface area contributed by atoms with Gasteiger partial charge in [-0.1, -0.05) is 0 Å². The van der Waals surface area contributed by atoms with Crippen molar-refractivity contribution in [2.45, 2.75) is 13.0 Å². The zero-order chi connectivity index (χ0) is 18.8. The molecule has 0 spiro atoms. The fourth-order valence-corrected chi connectivity index (χ4v) is 2.91. The van der Waals surface area contributed by atoms with Crippen LogP contribution in [0, 0.1) is 10.6 Å². The smallest absolute Gasteiger partial charge is 0.259 e. The number of rotatable bonds is 4. The number of carbonyl (C=O) groups excluding carboxylic acids is 1. The summed E-state index contributed by atoms with van der Waals surface area (Å²) in [5.74, 6) is -0.307. The molecule has 1 atom stereocenters. The number of methoxy groups -OCH3 is 1. The second-order valence-electron chi connectivity index (χ2n) is 5.75. The maximum Gasteiger partial charge on any atom is 0.259 e. The molecule has 0 fully saturated rings. The molecular formula is C18H16FN3O3S. The van der Waals surface area contributed by atoms with Crippen LogP contribution in [0.2, 0.25) is 0 Å². The molecule has 0 aliphatic carbocycles. The average Bonchev–Trinajstić information content (AvgIpc) is 2.60. The summed E-state index contributed by atoms with van der Waals surface area (Å²) < 4.78 is 18.9. The molecule has 0 aliphatic heterocycles. The van der Waals surface area contributed by atoms with Gasteiger partial charge in [-0.15, -0.1) is 0 Å². The first-order valence-electron chi connectivity index (χ1n) is 7.79. The number of aromatic amines is 2. The highest BCUT2D eigenvalue weighted by atomic mass is 32.1. The van der Waals surface area contributed by atoms with Gasteiger partial charge in [0.15, 0.2) is 4.77 Å². The minimum Gasteiger partial charge on any atom is -0.496 e. The summed E-state index contributed by atoms with van der Waals surface area (Å²) in [6.45, 7) is 1.73. The van der Waals surface area contributed by atoms with Gasteiger partial charge in [-0.05, 0) is 55.5 Å². The fourth-order valence-electron chi connectivity index (χ4n) is 2.71. The lowest BCUT2D eigenvalue weighted by molar-refractivity contribution is 0.0939. The van der Waals surface area contributed by atoms with Crippen LogP contribution in [0.1, 0.15) is 28.9 Å². The van der Waals surface area contributed by atoms with Crippen molar-refractivity contribution in [2.75, 3.05) is 7.11 Å². The summed E-state index contributed by atoms with van der Waals surface area (Å²) in [7, 11) is 1.48. The summed E-state index contributed by atoms with van der Waals surface area (Å²) in [5.41, 5.74) is 1.00. The quantitative estimate of drug-likeness (QED) is 0.613. The third kappa shape index (κ3) is 3.50. The van der Waals surface area contributed by atoms with Gasteiger partial charge in [-0.2, -0.15) is 0 Å². The van der Waals surface area contributed by atoms with E-state index in [-0.39, 0.29) is 16.2 Å².